The van der Waals surface area contributed by atoms with Crippen molar-refractivity contribution in [1.29, 1.82) is 0 Å². The topological polar surface area (TPSA) is 90.0 Å². The van der Waals surface area contributed by atoms with E-state index >= 15 is 0 Å². The molecule has 0 aliphatic carbocycles. The van der Waals surface area contributed by atoms with E-state index in [0.29, 0.717) is 0 Å². The molecule has 0 radical (unpaired) electrons. The maximum absolute atomic E-state index is 13.6. The number of benzene rings is 2. The maximum atomic E-state index is 13.6. The Bertz CT molecular complexity index is 1120. The maximum Gasteiger partial charge on any atom is 0.304 e. The molecule has 8 nitrogen and oxygen atoms in total. The van der Waals surface area contributed by atoms with Crippen molar-refractivity contribution in [2.24, 2.45) is 0 Å². The summed E-state index contributed by atoms with van der Waals surface area (Å²) in [6.07, 6.45) is 0.726. The number of hydrogen-bond donors (Lipinski definition) is 1. The number of nitrogens with one attached hydrogen (secondary N) is 1. The summed E-state index contributed by atoms with van der Waals surface area (Å²) in [5.41, 5.74) is 1.92. The first-order valence-corrected chi connectivity index (χ1v) is 12.9. The van der Waals surface area contributed by atoms with E-state index in [-0.39, 0.29) is 24.2 Å². The number of hydrogen-bond acceptors (Lipinski definition) is 4. The van der Waals surface area contributed by atoms with Crippen molar-refractivity contribution in [3.8, 4) is 0 Å². The van der Waals surface area contributed by atoms with E-state index in [4.69, 9.17) is 0 Å². The van der Waals surface area contributed by atoms with Crippen molar-refractivity contribution in [3.63, 3.8) is 0 Å². The number of anilines is 1. The molecule has 0 fully saturated rings. The average molecular weight is 507 g/mol. The molecule has 2 rings (SSSR count). The van der Waals surface area contributed by atoms with Gasteiger partial charge in [0.15, 0.2) is 0 Å². The van der Waals surface area contributed by atoms with E-state index in [2.05, 4.69) is 5.32 Å². The van der Waals surface area contributed by atoms with Crippen LogP contribution in [-0.2, 0) is 26.3 Å². The first-order valence-electron chi connectivity index (χ1n) is 11.5. The molecule has 10 heteroatoms. The van der Waals surface area contributed by atoms with Crippen molar-refractivity contribution >= 4 is 27.7 Å². The first-order chi connectivity index (χ1) is 16.4. The molecule has 0 bridgehead atoms. The first kappa shape index (κ1) is 28.3. The van der Waals surface area contributed by atoms with Crippen molar-refractivity contribution in [1.82, 2.24) is 14.5 Å². The molecule has 2 aromatic carbocycles. The van der Waals surface area contributed by atoms with E-state index in [1.54, 1.807) is 6.92 Å². The Labute approximate surface area is 207 Å². The summed E-state index contributed by atoms with van der Waals surface area (Å²) in [6.45, 7) is 6.91. The standard InChI is InChI=1S/C25H35FN4O4S/c1-7-19(3)27-25(32)20(4)29(16-21-11-9-8-10-18(21)2)24(31)17-30(35(33,34)28(5)6)23-14-12-22(26)13-15-23/h8-15,19-20H,7,16-17H2,1-6H3,(H,27,32)/t19-,20-/m0/s1. The van der Waals surface area contributed by atoms with Gasteiger partial charge < -0.3 is 10.2 Å². The molecule has 2 atom stereocenters. The van der Waals surface area contributed by atoms with Crippen LogP contribution < -0.4 is 9.62 Å². The second-order valence-corrected chi connectivity index (χ2v) is 10.8. The normalized spacial score (nSPS) is 13.3. The fraction of sp³-hybridized carbons (Fsp3) is 0.440. The zero-order valence-electron chi connectivity index (χ0n) is 21.2. The lowest BCUT2D eigenvalue weighted by Crippen LogP contribution is -2.53. The third kappa shape index (κ3) is 7.25. The van der Waals surface area contributed by atoms with Crippen molar-refractivity contribution < 1.29 is 22.4 Å². The van der Waals surface area contributed by atoms with Crippen LogP contribution in [0.4, 0.5) is 10.1 Å². The Morgan fingerprint density at radius 3 is 2.17 bits per heavy atom. The molecule has 0 saturated carbocycles. The number of halogens is 1. The van der Waals surface area contributed by atoms with Crippen LogP contribution in [0.3, 0.4) is 0 Å². The Morgan fingerprint density at radius 2 is 1.63 bits per heavy atom. The highest BCUT2D eigenvalue weighted by molar-refractivity contribution is 7.90. The summed E-state index contributed by atoms with van der Waals surface area (Å²) in [6, 6.07) is 11.4. The Kier molecular flexibility index (Phi) is 9.79. The van der Waals surface area contributed by atoms with Gasteiger partial charge in [0.2, 0.25) is 11.8 Å². The zero-order chi connectivity index (χ0) is 26.3. The number of nitrogens with zero attached hydrogens (tertiary/aromatic N) is 3. The second kappa shape index (κ2) is 12.1. The Balaban J connectivity index is 2.46. The lowest BCUT2D eigenvalue weighted by Gasteiger charge is -2.33. The highest BCUT2D eigenvalue weighted by Gasteiger charge is 2.33. The van der Waals surface area contributed by atoms with Gasteiger partial charge in [0, 0.05) is 26.7 Å². The monoisotopic (exact) mass is 506 g/mol. The van der Waals surface area contributed by atoms with E-state index in [1.165, 1.54) is 31.1 Å². The van der Waals surface area contributed by atoms with Gasteiger partial charge in [0.1, 0.15) is 18.4 Å². The molecule has 192 valence electrons. The number of carbonyl (C=O) groups excluding carboxylic acids is 2. The molecule has 0 unspecified atom stereocenters. The van der Waals surface area contributed by atoms with Crippen LogP contribution in [0.5, 0.6) is 0 Å². The minimum Gasteiger partial charge on any atom is -0.352 e. The van der Waals surface area contributed by atoms with Crippen molar-refractivity contribution in [2.75, 3.05) is 24.9 Å². The van der Waals surface area contributed by atoms with Crippen molar-refractivity contribution in [3.05, 3.63) is 65.5 Å². The van der Waals surface area contributed by atoms with E-state index < -0.39 is 34.5 Å². The van der Waals surface area contributed by atoms with Gasteiger partial charge in [0.05, 0.1) is 5.69 Å². The van der Waals surface area contributed by atoms with Crippen LogP contribution in [-0.4, -0.2) is 62.2 Å². The third-order valence-corrected chi connectivity index (χ3v) is 7.72. The summed E-state index contributed by atoms with van der Waals surface area (Å²) >= 11 is 0. The fourth-order valence-corrected chi connectivity index (χ4v) is 4.40. The van der Waals surface area contributed by atoms with Gasteiger partial charge in [-0.05, 0) is 62.6 Å². The molecule has 0 heterocycles. The minimum atomic E-state index is -4.09. The molecule has 0 aromatic heterocycles. The van der Waals surface area contributed by atoms with Crippen LogP contribution in [0.1, 0.15) is 38.3 Å². The predicted molar refractivity (Wildman–Crippen MR) is 135 cm³/mol. The summed E-state index contributed by atoms with van der Waals surface area (Å²) in [7, 11) is -1.39. The van der Waals surface area contributed by atoms with Gasteiger partial charge in [-0.2, -0.15) is 12.7 Å². The lowest BCUT2D eigenvalue weighted by molar-refractivity contribution is -0.139. The smallest absolute Gasteiger partial charge is 0.304 e. The van der Waals surface area contributed by atoms with Crippen LogP contribution in [0.2, 0.25) is 0 Å². The summed E-state index contributed by atoms with van der Waals surface area (Å²) < 4.78 is 41.6. The van der Waals surface area contributed by atoms with Gasteiger partial charge in [-0.15, -0.1) is 0 Å². The number of aryl methyl sites for hydroxylation is 1. The highest BCUT2D eigenvalue weighted by Crippen LogP contribution is 2.21. The average Bonchev–Trinajstić information content (AvgIpc) is 2.81. The van der Waals surface area contributed by atoms with Gasteiger partial charge >= 0.3 is 10.2 Å². The van der Waals surface area contributed by atoms with Crippen LogP contribution >= 0.6 is 0 Å². The second-order valence-electron chi connectivity index (χ2n) is 8.72. The molecule has 0 saturated heterocycles. The lowest BCUT2D eigenvalue weighted by atomic mass is 10.1. The highest BCUT2D eigenvalue weighted by atomic mass is 32.2. The molecule has 2 aromatic rings. The molecule has 1 N–H and O–H groups in total. The number of amides is 2. The molecule has 0 aliphatic rings. The molecule has 0 aliphatic heterocycles. The van der Waals surface area contributed by atoms with Crippen molar-refractivity contribution in [2.45, 2.75) is 52.7 Å². The third-order valence-electron chi connectivity index (χ3n) is 5.90. The largest absolute Gasteiger partial charge is 0.352 e. The van der Waals surface area contributed by atoms with Gasteiger partial charge in [-0.25, -0.2) is 8.70 Å². The SMILES string of the molecule is CC[C@H](C)NC(=O)[C@H](C)N(Cc1ccccc1C)C(=O)CN(c1ccc(F)cc1)S(=O)(=O)N(C)C. The van der Waals surface area contributed by atoms with Gasteiger partial charge in [-0.3, -0.25) is 9.59 Å². The molecule has 0 spiro atoms. The quantitative estimate of drug-likeness (QED) is 0.507. The van der Waals surface area contributed by atoms with Crippen LogP contribution in [0, 0.1) is 12.7 Å². The van der Waals surface area contributed by atoms with Crippen LogP contribution in [0.15, 0.2) is 48.5 Å². The Hall–Kier alpha value is -2.98. The van der Waals surface area contributed by atoms with E-state index in [1.807, 2.05) is 45.0 Å². The molecular formula is C25H35FN4O4S. The van der Waals surface area contributed by atoms with E-state index in [9.17, 15) is 22.4 Å². The van der Waals surface area contributed by atoms with E-state index in [0.717, 1.165) is 38.3 Å². The number of carbonyl (C=O) groups is 2. The number of rotatable bonds is 11. The zero-order valence-corrected chi connectivity index (χ0v) is 22.0. The molecular weight excluding hydrogens is 471 g/mol. The van der Waals surface area contributed by atoms with Gasteiger partial charge in [0.25, 0.3) is 0 Å². The summed E-state index contributed by atoms with van der Waals surface area (Å²) in [5, 5.41) is 2.89. The fourth-order valence-electron chi connectivity index (χ4n) is 3.34. The summed E-state index contributed by atoms with van der Waals surface area (Å²) in [5.74, 6) is -1.42. The molecule has 35 heavy (non-hydrogen) atoms. The van der Waals surface area contributed by atoms with Gasteiger partial charge in [-0.1, -0.05) is 31.2 Å². The minimum absolute atomic E-state index is 0.0785. The predicted octanol–water partition coefficient (Wildman–Crippen LogP) is 3.08. The Morgan fingerprint density at radius 1 is 1.03 bits per heavy atom. The molecule has 2 amide bonds. The summed E-state index contributed by atoms with van der Waals surface area (Å²) in [4.78, 5) is 27.9. The van der Waals surface area contributed by atoms with Crippen LogP contribution in [0.25, 0.3) is 0 Å².